The van der Waals surface area contributed by atoms with Crippen LogP contribution >= 0.6 is 12.2 Å². The maximum absolute atomic E-state index is 12.9. The Morgan fingerprint density at radius 2 is 1.83 bits per heavy atom. The van der Waals surface area contributed by atoms with Gasteiger partial charge in [0, 0.05) is 18.2 Å². The molecule has 2 N–H and O–H groups in total. The highest BCUT2D eigenvalue weighted by molar-refractivity contribution is 7.80. The molecule has 0 aliphatic carbocycles. The van der Waals surface area contributed by atoms with E-state index in [2.05, 4.69) is 10.3 Å². The van der Waals surface area contributed by atoms with Gasteiger partial charge in [-0.05, 0) is 72.1 Å². The van der Waals surface area contributed by atoms with E-state index in [1.54, 1.807) is 27.6 Å². The highest BCUT2D eigenvalue weighted by Gasteiger charge is 2.16. The summed E-state index contributed by atoms with van der Waals surface area (Å²) in [5, 5.41) is 4.76. The second kappa shape index (κ2) is 11.6. The predicted molar refractivity (Wildman–Crippen MR) is 143 cm³/mol. The predicted octanol–water partition coefficient (Wildman–Crippen LogP) is 4.27. The first-order valence-corrected chi connectivity index (χ1v) is 11.9. The van der Waals surface area contributed by atoms with Gasteiger partial charge in [-0.3, -0.25) is 4.79 Å². The van der Waals surface area contributed by atoms with Gasteiger partial charge in [-0.25, -0.2) is 0 Å². The number of benzene rings is 2. The second-order valence-electron chi connectivity index (χ2n) is 8.18. The Morgan fingerprint density at radius 3 is 2.56 bits per heavy atom. The van der Waals surface area contributed by atoms with E-state index in [9.17, 15) is 4.79 Å². The summed E-state index contributed by atoms with van der Waals surface area (Å²) < 4.78 is 21.5. The number of hydrogen-bond donors (Lipinski definition) is 2. The largest absolute Gasteiger partial charge is 0.497 e. The molecular formula is C27H29N3O5S. The van der Waals surface area contributed by atoms with Crippen molar-refractivity contribution < 1.29 is 18.6 Å². The van der Waals surface area contributed by atoms with Crippen molar-refractivity contribution in [3.8, 4) is 17.2 Å². The van der Waals surface area contributed by atoms with E-state index >= 15 is 0 Å². The van der Waals surface area contributed by atoms with Crippen molar-refractivity contribution in [2.75, 3.05) is 27.9 Å². The Labute approximate surface area is 214 Å². The van der Waals surface area contributed by atoms with Gasteiger partial charge in [0.2, 0.25) is 0 Å². The van der Waals surface area contributed by atoms with Gasteiger partial charge in [0.15, 0.2) is 16.6 Å². The molecular weight excluding hydrogens is 478 g/mol. The lowest BCUT2D eigenvalue weighted by molar-refractivity contribution is 0.350. The normalized spacial score (nSPS) is 10.8. The highest BCUT2D eigenvalue weighted by Crippen LogP contribution is 2.27. The number of nitrogens with one attached hydrogen (secondary N) is 2. The topological polar surface area (TPSA) is 89.0 Å². The Kier molecular flexibility index (Phi) is 8.12. The van der Waals surface area contributed by atoms with E-state index in [-0.39, 0.29) is 5.56 Å². The molecule has 2 aromatic heterocycles. The first-order valence-electron chi connectivity index (χ1n) is 11.5. The summed E-state index contributed by atoms with van der Waals surface area (Å²) in [5.41, 5.74) is 2.23. The number of fused-ring (bicyclic) bond motifs is 1. The lowest BCUT2D eigenvalue weighted by Crippen LogP contribution is -2.40. The van der Waals surface area contributed by atoms with Crippen molar-refractivity contribution >= 4 is 28.2 Å². The van der Waals surface area contributed by atoms with Crippen LogP contribution in [0.3, 0.4) is 0 Å². The third kappa shape index (κ3) is 5.98. The van der Waals surface area contributed by atoms with Crippen LogP contribution in [0, 0.1) is 0 Å². The van der Waals surface area contributed by atoms with Crippen LogP contribution in [-0.2, 0) is 19.5 Å². The monoisotopic (exact) mass is 507 g/mol. The van der Waals surface area contributed by atoms with Crippen LogP contribution in [0.25, 0.3) is 10.9 Å². The third-order valence-electron chi connectivity index (χ3n) is 5.84. The fourth-order valence-corrected chi connectivity index (χ4v) is 4.16. The summed E-state index contributed by atoms with van der Waals surface area (Å²) in [6.07, 6.45) is 2.35. The highest BCUT2D eigenvalue weighted by atomic mass is 32.1. The Hall–Kier alpha value is -3.98. The molecule has 0 aliphatic rings. The van der Waals surface area contributed by atoms with Crippen LogP contribution in [0.4, 0.5) is 0 Å². The SMILES string of the molecule is COc1ccc2cc(CN(Cc3ccco3)C(=S)NCCc3ccc(OC)c(OC)c3)c(=O)[nH]c2c1. The molecule has 0 saturated carbocycles. The number of rotatable bonds is 10. The minimum Gasteiger partial charge on any atom is -0.497 e. The Bertz CT molecular complexity index is 1380. The van der Waals surface area contributed by atoms with Gasteiger partial charge < -0.3 is 33.8 Å². The van der Waals surface area contributed by atoms with E-state index in [1.807, 2.05) is 59.5 Å². The fraction of sp³-hybridized carbons (Fsp3) is 0.259. The average molecular weight is 508 g/mol. The number of aromatic nitrogens is 1. The lowest BCUT2D eigenvalue weighted by atomic mass is 10.1. The zero-order chi connectivity index (χ0) is 25.5. The van der Waals surface area contributed by atoms with E-state index in [1.165, 1.54) is 0 Å². The molecule has 188 valence electrons. The van der Waals surface area contributed by atoms with Crippen LogP contribution in [0.5, 0.6) is 17.2 Å². The second-order valence-corrected chi connectivity index (χ2v) is 8.57. The van der Waals surface area contributed by atoms with Crippen molar-refractivity contribution in [1.29, 1.82) is 0 Å². The van der Waals surface area contributed by atoms with Crippen LogP contribution in [0.1, 0.15) is 16.9 Å². The first-order chi connectivity index (χ1) is 17.5. The van der Waals surface area contributed by atoms with Crippen LogP contribution in [-0.4, -0.2) is 42.9 Å². The van der Waals surface area contributed by atoms with E-state index in [4.69, 9.17) is 30.8 Å². The van der Waals surface area contributed by atoms with Gasteiger partial charge in [-0.15, -0.1) is 0 Å². The van der Waals surface area contributed by atoms with Gasteiger partial charge in [-0.1, -0.05) is 6.07 Å². The lowest BCUT2D eigenvalue weighted by Gasteiger charge is -2.25. The molecule has 4 aromatic rings. The maximum atomic E-state index is 12.9. The molecule has 0 aliphatic heterocycles. The van der Waals surface area contributed by atoms with E-state index in [0.29, 0.717) is 47.6 Å². The summed E-state index contributed by atoms with van der Waals surface area (Å²) in [4.78, 5) is 17.7. The summed E-state index contributed by atoms with van der Waals surface area (Å²) in [6.45, 7) is 1.35. The molecule has 0 saturated heterocycles. The molecule has 4 rings (SSSR count). The molecule has 0 bridgehead atoms. The van der Waals surface area contributed by atoms with Gasteiger partial charge in [0.05, 0.1) is 46.2 Å². The molecule has 0 fully saturated rings. The van der Waals surface area contributed by atoms with E-state index in [0.717, 1.165) is 28.6 Å². The Morgan fingerprint density at radius 1 is 1.00 bits per heavy atom. The molecule has 2 aromatic carbocycles. The zero-order valence-corrected chi connectivity index (χ0v) is 21.3. The number of aromatic amines is 1. The summed E-state index contributed by atoms with van der Waals surface area (Å²) in [6, 6.07) is 17.0. The van der Waals surface area contributed by atoms with Crippen LogP contribution in [0.2, 0.25) is 0 Å². The third-order valence-corrected chi connectivity index (χ3v) is 6.25. The minimum absolute atomic E-state index is 0.173. The molecule has 0 amide bonds. The van der Waals surface area contributed by atoms with Gasteiger partial charge in [0.1, 0.15) is 11.5 Å². The summed E-state index contributed by atoms with van der Waals surface area (Å²) >= 11 is 5.72. The van der Waals surface area contributed by atoms with Crippen molar-refractivity contribution in [3.05, 3.63) is 88.1 Å². The molecule has 36 heavy (non-hydrogen) atoms. The molecule has 0 unspecified atom stereocenters. The van der Waals surface area contributed by atoms with Crippen molar-refractivity contribution in [2.24, 2.45) is 0 Å². The number of furan rings is 1. The van der Waals surface area contributed by atoms with Crippen molar-refractivity contribution in [2.45, 2.75) is 19.5 Å². The van der Waals surface area contributed by atoms with Gasteiger partial charge in [0.25, 0.3) is 5.56 Å². The summed E-state index contributed by atoms with van der Waals surface area (Å²) in [7, 11) is 4.83. The number of thiocarbonyl (C=S) groups is 1. The van der Waals surface area contributed by atoms with Crippen molar-refractivity contribution in [1.82, 2.24) is 15.2 Å². The molecule has 9 heteroatoms. The standard InChI is InChI=1S/C27H29N3O5S/c1-32-21-8-7-19-14-20(26(31)29-23(19)15-21)16-30(17-22-5-4-12-35-22)27(36)28-11-10-18-6-9-24(33-2)25(13-18)34-3/h4-9,12-15H,10-11,16-17H2,1-3H3,(H,28,36)(H,29,31). The van der Waals surface area contributed by atoms with Crippen molar-refractivity contribution in [3.63, 3.8) is 0 Å². The number of hydrogen-bond acceptors (Lipinski definition) is 6. The number of pyridine rings is 1. The van der Waals surface area contributed by atoms with Crippen LogP contribution < -0.4 is 25.1 Å². The maximum Gasteiger partial charge on any atom is 0.253 e. The molecule has 0 atom stereocenters. The molecule has 2 heterocycles. The smallest absolute Gasteiger partial charge is 0.253 e. The quantitative estimate of drug-likeness (QED) is 0.308. The average Bonchev–Trinajstić information content (AvgIpc) is 3.41. The van der Waals surface area contributed by atoms with E-state index < -0.39 is 0 Å². The number of nitrogens with zero attached hydrogens (tertiary/aromatic N) is 1. The van der Waals surface area contributed by atoms with Crippen LogP contribution in [0.15, 0.2) is 70.1 Å². The zero-order valence-electron chi connectivity index (χ0n) is 20.5. The Balaban J connectivity index is 1.48. The van der Waals surface area contributed by atoms with Gasteiger partial charge >= 0.3 is 0 Å². The van der Waals surface area contributed by atoms with Gasteiger partial charge in [-0.2, -0.15) is 0 Å². The number of H-pyrrole nitrogens is 1. The fourth-order valence-electron chi connectivity index (χ4n) is 3.93. The first kappa shape index (κ1) is 25.1. The molecule has 0 radical (unpaired) electrons. The number of ether oxygens (including phenoxy) is 3. The molecule has 0 spiro atoms. The summed E-state index contributed by atoms with van der Waals surface area (Å²) in [5.74, 6) is 2.81. The minimum atomic E-state index is -0.173. The molecule has 8 nitrogen and oxygen atoms in total. The number of methoxy groups -OCH3 is 3.